The maximum atomic E-state index is 13.2. The topological polar surface area (TPSA) is 88.2 Å². The minimum Gasteiger partial charge on any atom is -0.465 e. The monoisotopic (exact) mass is 471 g/mol. The maximum Gasteiger partial charge on any atom is 0.411 e. The molecule has 1 N–H and O–H groups in total. The number of hydrogen-bond acceptors (Lipinski definition) is 5. The summed E-state index contributed by atoms with van der Waals surface area (Å²) >= 11 is 0. The molecule has 2 aliphatic rings. The van der Waals surface area contributed by atoms with E-state index in [-0.39, 0.29) is 12.1 Å². The number of methoxy groups -OCH3 is 1. The molecule has 8 heteroatoms. The summed E-state index contributed by atoms with van der Waals surface area (Å²) in [6.07, 6.45) is -0.388. The maximum absolute atomic E-state index is 13.2. The number of piperazine rings is 1. The highest BCUT2D eigenvalue weighted by Gasteiger charge is 2.58. The fourth-order valence-corrected chi connectivity index (χ4v) is 4.85. The van der Waals surface area contributed by atoms with Crippen LogP contribution in [0, 0.1) is 0 Å². The quantitative estimate of drug-likeness (QED) is 0.579. The Morgan fingerprint density at radius 2 is 1.51 bits per heavy atom. The molecule has 0 saturated carbocycles. The summed E-state index contributed by atoms with van der Waals surface area (Å²) in [5.74, 6) is -0.442. The zero-order valence-corrected chi connectivity index (χ0v) is 19.2. The van der Waals surface area contributed by atoms with Crippen molar-refractivity contribution in [2.75, 3.05) is 32.1 Å². The predicted molar refractivity (Wildman–Crippen MR) is 129 cm³/mol. The lowest BCUT2D eigenvalue weighted by Gasteiger charge is -2.42. The standard InChI is InChI=1S/C27H25N3O5/c1-34-24(31)19-12-14-22(15-13-19)28-25(32)29-16-17-30-23(18-29)27(35-26(30)33,20-8-4-2-5-9-20)21-10-6-3-7-11-21/h2-15,23H,16-18H2,1H3,(H,28,32). The van der Waals surface area contributed by atoms with Gasteiger partial charge in [0, 0.05) is 36.4 Å². The van der Waals surface area contributed by atoms with Crippen LogP contribution in [0.25, 0.3) is 0 Å². The van der Waals surface area contributed by atoms with Gasteiger partial charge in [-0.3, -0.25) is 4.90 Å². The number of rotatable bonds is 4. The second kappa shape index (κ2) is 9.13. The minimum absolute atomic E-state index is 0.287. The summed E-state index contributed by atoms with van der Waals surface area (Å²) in [4.78, 5) is 41.2. The van der Waals surface area contributed by atoms with Crippen LogP contribution in [-0.2, 0) is 15.1 Å². The SMILES string of the molecule is COC(=O)c1ccc(NC(=O)N2CCN3C(=O)OC(c4ccccc4)(c4ccccc4)C3C2)cc1. The van der Waals surface area contributed by atoms with Crippen molar-refractivity contribution < 1.29 is 23.9 Å². The first-order valence-electron chi connectivity index (χ1n) is 11.4. The van der Waals surface area contributed by atoms with E-state index >= 15 is 0 Å². The van der Waals surface area contributed by atoms with Gasteiger partial charge in [-0.1, -0.05) is 60.7 Å². The molecule has 8 nitrogen and oxygen atoms in total. The fraction of sp³-hybridized carbons (Fsp3) is 0.222. The Morgan fingerprint density at radius 3 is 2.09 bits per heavy atom. The molecule has 2 aliphatic heterocycles. The molecule has 5 rings (SSSR count). The van der Waals surface area contributed by atoms with E-state index < -0.39 is 17.6 Å². The van der Waals surface area contributed by atoms with Crippen LogP contribution in [0.4, 0.5) is 15.3 Å². The number of nitrogens with one attached hydrogen (secondary N) is 1. The van der Waals surface area contributed by atoms with E-state index in [9.17, 15) is 14.4 Å². The van der Waals surface area contributed by atoms with Crippen LogP contribution in [0.3, 0.4) is 0 Å². The Hall–Kier alpha value is -4.33. The summed E-state index contributed by atoms with van der Waals surface area (Å²) < 4.78 is 10.9. The molecule has 1 atom stereocenters. The Kier molecular flexibility index (Phi) is 5.86. The molecule has 2 heterocycles. The molecule has 0 aromatic heterocycles. The number of nitrogens with zero attached hydrogens (tertiary/aromatic N) is 2. The number of anilines is 1. The van der Waals surface area contributed by atoms with Gasteiger partial charge in [0.05, 0.1) is 12.7 Å². The molecule has 0 bridgehead atoms. The summed E-state index contributed by atoms with van der Waals surface area (Å²) in [7, 11) is 1.32. The number of hydrogen-bond donors (Lipinski definition) is 1. The molecular weight excluding hydrogens is 446 g/mol. The van der Waals surface area contributed by atoms with Crippen LogP contribution in [0.15, 0.2) is 84.9 Å². The van der Waals surface area contributed by atoms with Crippen molar-refractivity contribution in [1.82, 2.24) is 9.80 Å². The van der Waals surface area contributed by atoms with E-state index in [0.29, 0.717) is 30.9 Å². The van der Waals surface area contributed by atoms with Crippen molar-refractivity contribution >= 4 is 23.8 Å². The van der Waals surface area contributed by atoms with Crippen LogP contribution < -0.4 is 5.32 Å². The first-order valence-corrected chi connectivity index (χ1v) is 11.4. The zero-order valence-electron chi connectivity index (χ0n) is 19.2. The highest BCUT2D eigenvalue weighted by molar-refractivity contribution is 5.92. The number of esters is 1. The fourth-order valence-electron chi connectivity index (χ4n) is 4.85. The van der Waals surface area contributed by atoms with Gasteiger partial charge in [0.2, 0.25) is 0 Å². The van der Waals surface area contributed by atoms with Crippen LogP contribution in [0.5, 0.6) is 0 Å². The van der Waals surface area contributed by atoms with Crippen LogP contribution in [0.1, 0.15) is 21.5 Å². The number of cyclic esters (lactones) is 1. The molecule has 1 unspecified atom stereocenters. The van der Waals surface area contributed by atoms with Gasteiger partial charge >= 0.3 is 18.1 Å². The van der Waals surface area contributed by atoms with E-state index in [1.807, 2.05) is 60.7 Å². The first-order chi connectivity index (χ1) is 17.0. The van der Waals surface area contributed by atoms with Crippen molar-refractivity contribution in [1.29, 1.82) is 0 Å². The highest BCUT2D eigenvalue weighted by Crippen LogP contribution is 2.45. The van der Waals surface area contributed by atoms with Crippen molar-refractivity contribution in [3.63, 3.8) is 0 Å². The van der Waals surface area contributed by atoms with Gasteiger partial charge in [0.15, 0.2) is 5.60 Å². The minimum atomic E-state index is -1.04. The number of amides is 3. The third-order valence-corrected chi connectivity index (χ3v) is 6.58. The molecule has 178 valence electrons. The van der Waals surface area contributed by atoms with Gasteiger partial charge in [0.25, 0.3) is 0 Å². The molecular formula is C27H25N3O5. The van der Waals surface area contributed by atoms with Crippen molar-refractivity contribution in [2.24, 2.45) is 0 Å². The number of carbonyl (C=O) groups excluding carboxylic acids is 3. The Morgan fingerprint density at radius 1 is 0.914 bits per heavy atom. The molecule has 3 amide bonds. The predicted octanol–water partition coefficient (Wildman–Crippen LogP) is 4.09. The van der Waals surface area contributed by atoms with E-state index in [0.717, 1.165) is 11.1 Å². The molecule has 0 radical (unpaired) electrons. The van der Waals surface area contributed by atoms with Gasteiger partial charge in [-0.05, 0) is 24.3 Å². The van der Waals surface area contributed by atoms with Gasteiger partial charge in [-0.15, -0.1) is 0 Å². The lowest BCUT2D eigenvalue weighted by Crippen LogP contribution is -2.59. The highest BCUT2D eigenvalue weighted by atomic mass is 16.6. The molecule has 2 saturated heterocycles. The van der Waals surface area contributed by atoms with Gasteiger partial charge in [0.1, 0.15) is 6.04 Å². The average Bonchev–Trinajstić information content (AvgIpc) is 3.22. The van der Waals surface area contributed by atoms with Crippen molar-refractivity contribution in [3.8, 4) is 0 Å². The van der Waals surface area contributed by atoms with Crippen LogP contribution in [-0.4, -0.2) is 60.7 Å². The number of urea groups is 1. The Bertz CT molecular complexity index is 1190. The number of carbonyl (C=O) groups is 3. The van der Waals surface area contributed by atoms with E-state index in [1.165, 1.54) is 7.11 Å². The second-order valence-electron chi connectivity index (χ2n) is 8.49. The molecule has 3 aromatic rings. The van der Waals surface area contributed by atoms with Crippen molar-refractivity contribution in [3.05, 3.63) is 102 Å². The summed E-state index contributed by atoms with van der Waals surface area (Å²) in [6, 6.07) is 25.1. The Labute approximate surface area is 203 Å². The largest absolute Gasteiger partial charge is 0.465 e. The lowest BCUT2D eigenvalue weighted by molar-refractivity contribution is 0.0524. The molecule has 0 aliphatic carbocycles. The van der Waals surface area contributed by atoms with E-state index in [2.05, 4.69) is 5.32 Å². The van der Waals surface area contributed by atoms with Crippen LogP contribution in [0.2, 0.25) is 0 Å². The first kappa shape index (κ1) is 22.5. The summed E-state index contributed by atoms with van der Waals surface area (Å²) in [6.45, 7) is 1.03. The summed E-state index contributed by atoms with van der Waals surface area (Å²) in [5.41, 5.74) is 1.62. The number of benzene rings is 3. The third-order valence-electron chi connectivity index (χ3n) is 6.58. The number of ether oxygens (including phenoxy) is 2. The van der Waals surface area contributed by atoms with Gasteiger partial charge < -0.3 is 19.7 Å². The average molecular weight is 472 g/mol. The van der Waals surface area contributed by atoms with Gasteiger partial charge in [-0.2, -0.15) is 0 Å². The second-order valence-corrected chi connectivity index (χ2v) is 8.49. The Balaban J connectivity index is 1.43. The summed E-state index contributed by atoms with van der Waals surface area (Å²) in [5, 5.41) is 2.88. The molecule has 35 heavy (non-hydrogen) atoms. The lowest BCUT2D eigenvalue weighted by atomic mass is 9.79. The molecule has 3 aromatic carbocycles. The third kappa shape index (κ3) is 3.97. The van der Waals surface area contributed by atoms with E-state index in [4.69, 9.17) is 9.47 Å². The zero-order chi connectivity index (χ0) is 24.4. The normalized spacial score (nSPS) is 18.4. The van der Waals surface area contributed by atoms with E-state index in [1.54, 1.807) is 34.1 Å². The molecule has 0 spiro atoms. The van der Waals surface area contributed by atoms with Crippen molar-refractivity contribution in [2.45, 2.75) is 11.6 Å². The van der Waals surface area contributed by atoms with Gasteiger partial charge in [-0.25, -0.2) is 14.4 Å². The molecule has 2 fully saturated rings. The number of fused-ring (bicyclic) bond motifs is 1. The van der Waals surface area contributed by atoms with Crippen LogP contribution >= 0.6 is 0 Å². The smallest absolute Gasteiger partial charge is 0.411 e.